The molecule has 0 aliphatic heterocycles. The number of rotatable bonds is 9. The number of imidazole rings is 1. The molecular weight excluding hydrogens is 448 g/mol. The van der Waals surface area contributed by atoms with Gasteiger partial charge in [-0.3, -0.25) is 0 Å². The van der Waals surface area contributed by atoms with Crippen molar-refractivity contribution < 1.29 is 13.2 Å². The number of aromatic nitrogens is 2. The highest BCUT2D eigenvalue weighted by Gasteiger charge is 2.32. The average Bonchev–Trinajstić information content (AvgIpc) is 3.49. The maximum Gasteiger partial charge on any atom is 0.317 e. The molecule has 1 N–H and O–H groups in total. The molecule has 1 aromatic carbocycles. The van der Waals surface area contributed by atoms with Crippen LogP contribution in [-0.4, -0.2) is 41.5 Å². The van der Waals surface area contributed by atoms with Gasteiger partial charge in [0.25, 0.3) is 0 Å². The van der Waals surface area contributed by atoms with E-state index in [9.17, 15) is 13.2 Å². The molecule has 0 atom stereocenters. The van der Waals surface area contributed by atoms with Crippen LogP contribution in [0, 0.1) is 12.8 Å². The zero-order chi connectivity index (χ0) is 24.3. The lowest BCUT2D eigenvalue weighted by molar-refractivity contribution is 0.187. The van der Waals surface area contributed by atoms with Crippen molar-refractivity contribution in [1.82, 2.24) is 19.8 Å². The molecule has 0 radical (unpaired) electrons. The van der Waals surface area contributed by atoms with Crippen molar-refractivity contribution in [2.24, 2.45) is 5.92 Å². The number of hydrogen-bond acceptors (Lipinski definition) is 4. The Labute approximate surface area is 203 Å². The normalized spacial score (nSPS) is 17.2. The largest absolute Gasteiger partial charge is 0.336 e. The molecule has 2 amide bonds. The standard InChI is InChI=1S/C26H38N4O3S/c1-19(2)28-25(31)29(16-21-12-13-21)17-24-15-27-26(30(24)23-10-5-4-6-11-23)34(32,33)18-22-9-7-8-20(3)14-22/h7-9,14-15,19,21,23H,4-6,10-13,16-18H2,1-3H3,(H,28,31). The van der Waals surface area contributed by atoms with Gasteiger partial charge in [-0.15, -0.1) is 0 Å². The molecule has 8 heteroatoms. The van der Waals surface area contributed by atoms with Crippen molar-refractivity contribution in [3.8, 4) is 0 Å². The third kappa shape index (κ3) is 6.20. The molecule has 2 aromatic rings. The Morgan fingerprint density at radius 3 is 2.56 bits per heavy atom. The third-order valence-electron chi connectivity index (χ3n) is 6.72. The van der Waals surface area contributed by atoms with Gasteiger partial charge >= 0.3 is 6.03 Å². The predicted octanol–water partition coefficient (Wildman–Crippen LogP) is 5.00. The first-order chi connectivity index (χ1) is 16.2. The van der Waals surface area contributed by atoms with E-state index in [1.54, 1.807) is 6.20 Å². The average molecular weight is 487 g/mol. The van der Waals surface area contributed by atoms with E-state index in [2.05, 4.69) is 10.3 Å². The summed E-state index contributed by atoms with van der Waals surface area (Å²) in [5.74, 6) is 0.464. The van der Waals surface area contributed by atoms with Gasteiger partial charge in [0.1, 0.15) is 0 Å². The molecule has 186 valence electrons. The molecule has 34 heavy (non-hydrogen) atoms. The maximum atomic E-state index is 13.6. The lowest BCUT2D eigenvalue weighted by Crippen LogP contribution is -2.44. The van der Waals surface area contributed by atoms with Crippen LogP contribution in [0.1, 0.15) is 81.7 Å². The fourth-order valence-corrected chi connectivity index (χ4v) is 6.43. The summed E-state index contributed by atoms with van der Waals surface area (Å²) in [4.78, 5) is 19.3. The van der Waals surface area contributed by atoms with Crippen LogP contribution in [-0.2, 0) is 22.1 Å². The van der Waals surface area contributed by atoms with Crippen LogP contribution >= 0.6 is 0 Å². The van der Waals surface area contributed by atoms with Gasteiger partial charge in [-0.1, -0.05) is 49.1 Å². The summed E-state index contributed by atoms with van der Waals surface area (Å²) in [5, 5.41) is 3.15. The Morgan fingerprint density at radius 1 is 1.18 bits per heavy atom. The van der Waals surface area contributed by atoms with Gasteiger partial charge in [-0.25, -0.2) is 18.2 Å². The smallest absolute Gasteiger partial charge is 0.317 e. The van der Waals surface area contributed by atoms with Crippen LogP contribution in [0.4, 0.5) is 4.79 Å². The molecule has 4 rings (SSSR count). The molecule has 0 saturated heterocycles. The maximum absolute atomic E-state index is 13.6. The molecule has 2 aliphatic rings. The zero-order valence-corrected chi connectivity index (χ0v) is 21.5. The number of carbonyl (C=O) groups excluding carboxylic acids is 1. The summed E-state index contributed by atoms with van der Waals surface area (Å²) in [7, 11) is -3.64. The topological polar surface area (TPSA) is 84.3 Å². The number of nitrogens with zero attached hydrogens (tertiary/aromatic N) is 3. The molecule has 1 aromatic heterocycles. The lowest BCUT2D eigenvalue weighted by Gasteiger charge is -2.29. The van der Waals surface area contributed by atoms with Crippen molar-refractivity contribution in [3.63, 3.8) is 0 Å². The Hall–Kier alpha value is -2.35. The number of hydrogen-bond donors (Lipinski definition) is 1. The van der Waals surface area contributed by atoms with E-state index in [0.717, 1.165) is 55.3 Å². The van der Waals surface area contributed by atoms with Crippen LogP contribution in [0.2, 0.25) is 0 Å². The molecular formula is C26H38N4O3S. The number of sulfone groups is 1. The summed E-state index contributed by atoms with van der Waals surface area (Å²) in [6.07, 6.45) is 9.19. The van der Waals surface area contributed by atoms with Crippen LogP contribution in [0.3, 0.4) is 0 Å². The summed E-state index contributed by atoms with van der Waals surface area (Å²) in [6.45, 7) is 6.94. The van der Waals surface area contributed by atoms with Gasteiger partial charge < -0.3 is 14.8 Å². The Kier molecular flexibility index (Phi) is 7.65. The minimum absolute atomic E-state index is 0.0442. The van der Waals surface area contributed by atoms with E-state index in [0.29, 0.717) is 19.0 Å². The molecule has 0 bridgehead atoms. The second-order valence-electron chi connectivity index (χ2n) is 10.4. The number of urea groups is 1. The van der Waals surface area contributed by atoms with E-state index < -0.39 is 9.84 Å². The van der Waals surface area contributed by atoms with Crippen LogP contribution in [0.25, 0.3) is 0 Å². The molecule has 2 aliphatic carbocycles. The Balaban J connectivity index is 1.66. The number of aryl methyl sites for hydroxylation is 1. The van der Waals surface area contributed by atoms with Gasteiger partial charge in [-0.05, 0) is 57.9 Å². The SMILES string of the molecule is Cc1cccc(CS(=O)(=O)c2ncc(CN(CC3CC3)C(=O)NC(C)C)n2C2CCCCC2)c1. The highest BCUT2D eigenvalue weighted by molar-refractivity contribution is 7.90. The molecule has 2 saturated carbocycles. The monoisotopic (exact) mass is 486 g/mol. The fourth-order valence-electron chi connectivity index (χ4n) is 4.91. The summed E-state index contributed by atoms with van der Waals surface area (Å²) < 4.78 is 29.1. The second-order valence-corrected chi connectivity index (χ2v) is 12.3. The number of benzene rings is 1. The fraction of sp³-hybridized carbons (Fsp3) is 0.615. The first kappa shape index (κ1) is 24.8. The highest BCUT2D eigenvalue weighted by atomic mass is 32.2. The van der Waals surface area contributed by atoms with Crippen LogP contribution in [0.15, 0.2) is 35.6 Å². The van der Waals surface area contributed by atoms with Gasteiger partial charge in [0, 0.05) is 18.6 Å². The van der Waals surface area contributed by atoms with Gasteiger partial charge in [-0.2, -0.15) is 0 Å². The molecule has 2 fully saturated rings. The minimum Gasteiger partial charge on any atom is -0.336 e. The molecule has 1 heterocycles. The lowest BCUT2D eigenvalue weighted by atomic mass is 9.95. The Morgan fingerprint density at radius 2 is 1.91 bits per heavy atom. The number of carbonyl (C=O) groups is 1. The first-order valence-corrected chi connectivity index (χ1v) is 14.3. The summed E-state index contributed by atoms with van der Waals surface area (Å²) >= 11 is 0. The number of amides is 2. The van der Waals surface area contributed by atoms with E-state index in [1.165, 1.54) is 6.42 Å². The molecule has 0 spiro atoms. The van der Waals surface area contributed by atoms with Gasteiger partial charge in [0.2, 0.25) is 15.0 Å². The van der Waals surface area contributed by atoms with Crippen molar-refractivity contribution >= 4 is 15.9 Å². The predicted molar refractivity (Wildman–Crippen MR) is 133 cm³/mol. The van der Waals surface area contributed by atoms with E-state index in [1.807, 2.05) is 54.5 Å². The van der Waals surface area contributed by atoms with Gasteiger partial charge in [0.15, 0.2) is 0 Å². The third-order valence-corrected chi connectivity index (χ3v) is 8.30. The highest BCUT2D eigenvalue weighted by Crippen LogP contribution is 2.34. The van der Waals surface area contributed by atoms with Gasteiger partial charge in [0.05, 0.1) is 24.2 Å². The van der Waals surface area contributed by atoms with E-state index in [4.69, 9.17) is 0 Å². The zero-order valence-electron chi connectivity index (χ0n) is 20.7. The van der Waals surface area contributed by atoms with Crippen molar-refractivity contribution in [1.29, 1.82) is 0 Å². The summed E-state index contributed by atoms with van der Waals surface area (Å²) in [5.41, 5.74) is 2.62. The Bertz CT molecular complexity index is 1100. The van der Waals surface area contributed by atoms with Crippen molar-refractivity contribution in [2.45, 2.75) is 95.3 Å². The van der Waals surface area contributed by atoms with Crippen LogP contribution < -0.4 is 5.32 Å². The first-order valence-electron chi connectivity index (χ1n) is 12.6. The van der Waals surface area contributed by atoms with Crippen molar-refractivity contribution in [3.05, 3.63) is 47.3 Å². The quantitative estimate of drug-likeness (QED) is 0.541. The summed E-state index contributed by atoms with van der Waals surface area (Å²) in [6, 6.07) is 7.68. The molecule has 7 nitrogen and oxygen atoms in total. The molecule has 0 unspecified atom stereocenters. The van der Waals surface area contributed by atoms with Crippen molar-refractivity contribution in [2.75, 3.05) is 6.54 Å². The second kappa shape index (κ2) is 10.5. The van der Waals surface area contributed by atoms with E-state index >= 15 is 0 Å². The van der Waals surface area contributed by atoms with E-state index in [-0.39, 0.29) is 29.0 Å². The number of nitrogens with one attached hydrogen (secondary N) is 1. The minimum atomic E-state index is -3.64. The van der Waals surface area contributed by atoms with Crippen LogP contribution in [0.5, 0.6) is 0 Å².